The fourth-order valence-electron chi connectivity index (χ4n) is 4.32. The fraction of sp³-hybridized carbons (Fsp3) is 0.500. The van der Waals surface area contributed by atoms with Gasteiger partial charge in [0.15, 0.2) is 0 Å². The second kappa shape index (κ2) is 12.4. The van der Waals surface area contributed by atoms with Gasteiger partial charge >= 0.3 is 0 Å². The number of benzene rings is 2. The molecule has 0 aromatic heterocycles. The molecule has 1 saturated heterocycles. The Morgan fingerprint density at radius 1 is 0.971 bits per heavy atom. The molecule has 1 unspecified atom stereocenters. The smallest absolute Gasteiger partial charge is 0.222 e. The van der Waals surface area contributed by atoms with Crippen LogP contribution in [0.1, 0.15) is 52.9 Å². The number of nitrogens with two attached hydrogens (primary N) is 1. The van der Waals surface area contributed by atoms with Crippen LogP contribution >= 0.6 is 0 Å². The van der Waals surface area contributed by atoms with Crippen molar-refractivity contribution < 1.29 is 14.3 Å². The summed E-state index contributed by atoms with van der Waals surface area (Å²) in [6.07, 6.45) is 3.90. The molecule has 0 radical (unpaired) electrons. The minimum Gasteiger partial charge on any atom is -0.457 e. The van der Waals surface area contributed by atoms with Crippen LogP contribution in [-0.2, 0) is 9.59 Å². The van der Waals surface area contributed by atoms with Crippen LogP contribution in [0.2, 0.25) is 0 Å². The number of ether oxygens (including phenoxy) is 1. The molecule has 184 valence electrons. The third-order valence-corrected chi connectivity index (χ3v) is 6.63. The summed E-state index contributed by atoms with van der Waals surface area (Å²) in [6, 6.07) is 18.5. The quantitative estimate of drug-likeness (QED) is 0.493. The molecule has 1 fully saturated rings. The van der Waals surface area contributed by atoms with E-state index in [4.69, 9.17) is 10.5 Å². The van der Waals surface area contributed by atoms with Gasteiger partial charge in [0.1, 0.15) is 11.5 Å². The average Bonchev–Trinajstić information content (AvgIpc) is 2.84. The summed E-state index contributed by atoms with van der Waals surface area (Å²) < 4.78 is 5.96. The van der Waals surface area contributed by atoms with E-state index in [1.807, 2.05) is 47.4 Å². The second-order valence-electron chi connectivity index (χ2n) is 9.74. The zero-order valence-electron chi connectivity index (χ0n) is 20.8. The van der Waals surface area contributed by atoms with Crippen molar-refractivity contribution in [2.24, 2.45) is 17.6 Å². The molecule has 1 aliphatic rings. The Hall–Kier alpha value is -3.02. The molecule has 0 spiro atoms. The maximum Gasteiger partial charge on any atom is 0.222 e. The highest BCUT2D eigenvalue weighted by Gasteiger charge is 2.27. The molecule has 6 nitrogen and oxygen atoms in total. The summed E-state index contributed by atoms with van der Waals surface area (Å²) in [5.74, 6) is 1.80. The number of nitrogens with zero attached hydrogens (tertiary/aromatic N) is 2. The first-order valence-electron chi connectivity index (χ1n) is 12.5. The molecule has 2 aromatic carbocycles. The molecule has 6 heteroatoms. The van der Waals surface area contributed by atoms with Crippen LogP contribution in [0.3, 0.4) is 0 Å². The van der Waals surface area contributed by atoms with E-state index in [0.717, 1.165) is 50.4 Å². The number of anilines is 1. The molecule has 1 atom stereocenters. The van der Waals surface area contributed by atoms with E-state index in [9.17, 15) is 9.59 Å². The number of hydrogen-bond donors (Lipinski definition) is 1. The number of para-hydroxylation sites is 1. The molecule has 2 amide bonds. The van der Waals surface area contributed by atoms with Crippen molar-refractivity contribution in [3.05, 3.63) is 54.6 Å². The summed E-state index contributed by atoms with van der Waals surface area (Å²) in [5.41, 5.74) is 6.52. The standard InChI is InChI=1S/C28H39N3O3/c1-21(2)15-20-31(23-10-12-26(13-11-23)34-25-7-5-4-6-8-25)24-16-18-30(19-17-24)27(32)14-9-22(3)28(29)33/h4-8,10-13,21-22,24H,9,14-20H2,1-3H3,(H2,29,33). The highest BCUT2D eigenvalue weighted by molar-refractivity contribution is 5.79. The van der Waals surface area contributed by atoms with Crippen LogP contribution in [0.25, 0.3) is 0 Å². The zero-order valence-corrected chi connectivity index (χ0v) is 20.8. The van der Waals surface area contributed by atoms with Gasteiger partial charge in [-0.2, -0.15) is 0 Å². The molecule has 0 aliphatic carbocycles. The minimum atomic E-state index is -0.340. The number of carbonyl (C=O) groups is 2. The number of carbonyl (C=O) groups excluding carboxylic acids is 2. The van der Waals surface area contributed by atoms with Crippen LogP contribution in [0.15, 0.2) is 54.6 Å². The maximum atomic E-state index is 12.6. The summed E-state index contributed by atoms with van der Waals surface area (Å²) in [7, 11) is 0. The molecule has 34 heavy (non-hydrogen) atoms. The highest BCUT2D eigenvalue weighted by atomic mass is 16.5. The molecule has 1 heterocycles. The summed E-state index contributed by atoms with van der Waals surface area (Å²) in [4.78, 5) is 28.3. The van der Waals surface area contributed by atoms with Crippen molar-refractivity contribution in [2.75, 3.05) is 24.5 Å². The number of piperidine rings is 1. The topological polar surface area (TPSA) is 75.9 Å². The Morgan fingerprint density at radius 3 is 2.18 bits per heavy atom. The molecule has 2 N–H and O–H groups in total. The van der Waals surface area contributed by atoms with Gasteiger partial charge in [0, 0.05) is 43.7 Å². The lowest BCUT2D eigenvalue weighted by Crippen LogP contribution is -2.47. The molecular formula is C28H39N3O3. The van der Waals surface area contributed by atoms with E-state index >= 15 is 0 Å². The van der Waals surface area contributed by atoms with Crippen molar-refractivity contribution in [3.8, 4) is 11.5 Å². The van der Waals surface area contributed by atoms with Gasteiger partial charge in [0.25, 0.3) is 0 Å². The third-order valence-electron chi connectivity index (χ3n) is 6.63. The van der Waals surface area contributed by atoms with Crippen molar-refractivity contribution in [1.82, 2.24) is 4.90 Å². The molecule has 2 aromatic rings. The van der Waals surface area contributed by atoms with Gasteiger partial charge in [0.05, 0.1) is 0 Å². The first-order valence-corrected chi connectivity index (χ1v) is 12.5. The van der Waals surface area contributed by atoms with Crippen LogP contribution in [-0.4, -0.2) is 42.4 Å². The average molecular weight is 466 g/mol. The van der Waals surface area contributed by atoms with E-state index in [0.29, 0.717) is 24.8 Å². The van der Waals surface area contributed by atoms with Gasteiger partial charge in [-0.1, -0.05) is 39.0 Å². The van der Waals surface area contributed by atoms with Crippen LogP contribution in [0.4, 0.5) is 5.69 Å². The van der Waals surface area contributed by atoms with Gasteiger partial charge in [-0.05, 0) is 68.0 Å². The second-order valence-corrected chi connectivity index (χ2v) is 9.74. The predicted molar refractivity (Wildman–Crippen MR) is 137 cm³/mol. The molecular weight excluding hydrogens is 426 g/mol. The van der Waals surface area contributed by atoms with E-state index < -0.39 is 0 Å². The Labute approximate surface area is 204 Å². The van der Waals surface area contributed by atoms with Crippen molar-refractivity contribution in [2.45, 2.75) is 58.9 Å². The predicted octanol–water partition coefficient (Wildman–Crippen LogP) is 5.22. The lowest BCUT2D eigenvalue weighted by Gasteiger charge is -2.40. The van der Waals surface area contributed by atoms with Gasteiger partial charge in [-0.25, -0.2) is 0 Å². The largest absolute Gasteiger partial charge is 0.457 e. The fourth-order valence-corrected chi connectivity index (χ4v) is 4.32. The number of rotatable bonds is 11. The monoisotopic (exact) mass is 465 g/mol. The summed E-state index contributed by atoms with van der Waals surface area (Å²) in [5, 5.41) is 0. The van der Waals surface area contributed by atoms with Crippen LogP contribution < -0.4 is 15.4 Å². The number of primary amides is 1. The van der Waals surface area contributed by atoms with Crippen molar-refractivity contribution >= 4 is 17.5 Å². The third kappa shape index (κ3) is 7.51. The van der Waals surface area contributed by atoms with Crippen LogP contribution in [0, 0.1) is 11.8 Å². The van der Waals surface area contributed by atoms with Gasteiger partial charge in [-0.15, -0.1) is 0 Å². The number of hydrogen-bond acceptors (Lipinski definition) is 4. The zero-order chi connectivity index (χ0) is 24.5. The lowest BCUT2D eigenvalue weighted by molar-refractivity contribution is -0.132. The van der Waals surface area contributed by atoms with Crippen molar-refractivity contribution in [1.29, 1.82) is 0 Å². The molecule has 3 rings (SSSR count). The van der Waals surface area contributed by atoms with E-state index in [1.165, 1.54) is 5.69 Å². The Balaban J connectivity index is 1.60. The summed E-state index contributed by atoms with van der Waals surface area (Å²) >= 11 is 0. The SMILES string of the molecule is CC(C)CCN(c1ccc(Oc2ccccc2)cc1)C1CCN(C(=O)CCC(C)C(N)=O)CC1. The Bertz CT molecular complexity index is 906. The van der Waals surface area contributed by atoms with E-state index in [2.05, 4.69) is 30.9 Å². The normalized spacial score (nSPS) is 15.2. The first kappa shape index (κ1) is 25.6. The maximum absolute atomic E-state index is 12.6. The molecule has 0 bridgehead atoms. The first-order chi connectivity index (χ1) is 16.3. The van der Waals surface area contributed by atoms with E-state index in [-0.39, 0.29) is 17.7 Å². The number of likely N-dealkylation sites (tertiary alicyclic amines) is 1. The number of amides is 2. The summed E-state index contributed by atoms with van der Waals surface area (Å²) in [6.45, 7) is 8.78. The Morgan fingerprint density at radius 2 is 1.59 bits per heavy atom. The van der Waals surface area contributed by atoms with Crippen molar-refractivity contribution in [3.63, 3.8) is 0 Å². The molecule has 1 aliphatic heterocycles. The van der Waals surface area contributed by atoms with E-state index in [1.54, 1.807) is 6.92 Å². The highest BCUT2D eigenvalue weighted by Crippen LogP contribution is 2.29. The molecule has 0 saturated carbocycles. The van der Waals surface area contributed by atoms with Crippen LogP contribution in [0.5, 0.6) is 11.5 Å². The van der Waals surface area contributed by atoms with Gasteiger partial charge < -0.3 is 20.3 Å². The lowest BCUT2D eigenvalue weighted by atomic mass is 9.99. The van der Waals surface area contributed by atoms with Gasteiger partial charge in [-0.3, -0.25) is 9.59 Å². The van der Waals surface area contributed by atoms with Gasteiger partial charge in [0.2, 0.25) is 11.8 Å². The Kier molecular flexibility index (Phi) is 9.37. The minimum absolute atomic E-state index is 0.127.